The number of aryl methyl sites for hydroxylation is 1. The van der Waals surface area contributed by atoms with Gasteiger partial charge in [0.25, 0.3) is 0 Å². The standard InChI is InChI=1S/C14H15N3O4/c1-2-17-8-11(13(18)19)12(16-17)15-14(20)21-9-10-6-4-3-5-7-10/h3-8H,2,9H2,1H3,(H,18,19)(H,15,16,20). The first kappa shape index (κ1) is 14.6. The van der Waals surface area contributed by atoms with E-state index in [0.717, 1.165) is 5.56 Å². The van der Waals surface area contributed by atoms with E-state index in [-0.39, 0.29) is 18.0 Å². The fraction of sp³-hybridized carbons (Fsp3) is 0.214. The molecule has 0 saturated heterocycles. The van der Waals surface area contributed by atoms with Crippen LogP contribution in [0.2, 0.25) is 0 Å². The molecule has 0 unspecified atom stereocenters. The summed E-state index contributed by atoms with van der Waals surface area (Å²) in [6, 6.07) is 9.17. The highest BCUT2D eigenvalue weighted by Crippen LogP contribution is 2.13. The average Bonchev–Trinajstić information content (AvgIpc) is 2.89. The maximum Gasteiger partial charge on any atom is 0.413 e. The number of amides is 1. The minimum Gasteiger partial charge on any atom is -0.477 e. The van der Waals surface area contributed by atoms with Crippen molar-refractivity contribution < 1.29 is 19.4 Å². The molecule has 0 radical (unpaired) electrons. The van der Waals surface area contributed by atoms with Gasteiger partial charge in [-0.25, -0.2) is 9.59 Å². The van der Waals surface area contributed by atoms with E-state index in [0.29, 0.717) is 6.54 Å². The van der Waals surface area contributed by atoms with Gasteiger partial charge in [-0.05, 0) is 12.5 Å². The molecule has 7 heteroatoms. The van der Waals surface area contributed by atoms with Gasteiger partial charge in [0, 0.05) is 12.7 Å². The number of hydrogen-bond donors (Lipinski definition) is 2. The molecule has 0 spiro atoms. The molecule has 110 valence electrons. The van der Waals surface area contributed by atoms with Crippen molar-refractivity contribution in [1.82, 2.24) is 9.78 Å². The molecule has 21 heavy (non-hydrogen) atoms. The van der Waals surface area contributed by atoms with Crippen LogP contribution in [0.3, 0.4) is 0 Å². The molecule has 2 N–H and O–H groups in total. The molecule has 0 saturated carbocycles. The molecule has 7 nitrogen and oxygen atoms in total. The van der Waals surface area contributed by atoms with Crippen LogP contribution in [0.15, 0.2) is 36.5 Å². The lowest BCUT2D eigenvalue weighted by atomic mass is 10.2. The molecule has 0 aliphatic carbocycles. The van der Waals surface area contributed by atoms with Gasteiger partial charge in [-0.3, -0.25) is 10.00 Å². The summed E-state index contributed by atoms with van der Waals surface area (Å²) < 4.78 is 6.44. The van der Waals surface area contributed by atoms with Gasteiger partial charge < -0.3 is 9.84 Å². The van der Waals surface area contributed by atoms with E-state index in [1.807, 2.05) is 37.3 Å². The first-order chi connectivity index (χ1) is 10.1. The number of aromatic carboxylic acids is 1. The number of hydrogen-bond acceptors (Lipinski definition) is 4. The number of aromatic nitrogens is 2. The van der Waals surface area contributed by atoms with E-state index in [1.54, 1.807) is 0 Å². The Bertz CT molecular complexity index is 637. The molecule has 2 rings (SSSR count). The minimum absolute atomic E-state index is 0.0255. The zero-order chi connectivity index (χ0) is 15.2. The number of carboxylic acids is 1. The lowest BCUT2D eigenvalue weighted by Crippen LogP contribution is -2.16. The van der Waals surface area contributed by atoms with Crippen LogP contribution in [0.4, 0.5) is 10.6 Å². The van der Waals surface area contributed by atoms with Crippen LogP contribution in [0.25, 0.3) is 0 Å². The van der Waals surface area contributed by atoms with Crippen LogP contribution < -0.4 is 5.32 Å². The second-order valence-corrected chi connectivity index (χ2v) is 4.24. The van der Waals surface area contributed by atoms with Crippen LogP contribution in [0, 0.1) is 0 Å². The fourth-order valence-electron chi connectivity index (χ4n) is 1.69. The van der Waals surface area contributed by atoms with Gasteiger partial charge in [0.05, 0.1) is 0 Å². The Morgan fingerprint density at radius 2 is 2.05 bits per heavy atom. The number of anilines is 1. The Hall–Kier alpha value is -2.83. The van der Waals surface area contributed by atoms with Crippen LogP contribution in [0.1, 0.15) is 22.8 Å². The van der Waals surface area contributed by atoms with E-state index < -0.39 is 12.1 Å². The number of rotatable bonds is 5. The van der Waals surface area contributed by atoms with Crippen molar-refractivity contribution in [3.8, 4) is 0 Å². The number of benzene rings is 1. The lowest BCUT2D eigenvalue weighted by molar-refractivity contribution is 0.0698. The van der Waals surface area contributed by atoms with Crippen molar-refractivity contribution >= 4 is 17.9 Å². The number of nitrogens with zero attached hydrogens (tertiary/aromatic N) is 2. The van der Waals surface area contributed by atoms with Gasteiger partial charge in [-0.2, -0.15) is 5.10 Å². The molecule has 1 aromatic heterocycles. The normalized spacial score (nSPS) is 10.1. The largest absolute Gasteiger partial charge is 0.477 e. The molecule has 1 amide bonds. The summed E-state index contributed by atoms with van der Waals surface area (Å²) in [6.07, 6.45) is 0.609. The Kier molecular flexibility index (Phi) is 4.55. The predicted octanol–water partition coefficient (Wildman–Crippen LogP) is 2.35. The van der Waals surface area contributed by atoms with Crippen molar-refractivity contribution in [1.29, 1.82) is 0 Å². The van der Waals surface area contributed by atoms with Crippen molar-refractivity contribution in [3.05, 3.63) is 47.7 Å². The number of ether oxygens (including phenoxy) is 1. The maximum atomic E-state index is 11.7. The van der Waals surface area contributed by atoms with Crippen molar-refractivity contribution in [3.63, 3.8) is 0 Å². The van der Waals surface area contributed by atoms with E-state index in [1.165, 1.54) is 10.9 Å². The molecule has 0 fully saturated rings. The van der Waals surface area contributed by atoms with Crippen LogP contribution in [-0.2, 0) is 17.9 Å². The van der Waals surface area contributed by atoms with Crippen LogP contribution in [-0.4, -0.2) is 26.9 Å². The van der Waals surface area contributed by atoms with E-state index >= 15 is 0 Å². The fourth-order valence-corrected chi connectivity index (χ4v) is 1.69. The van der Waals surface area contributed by atoms with E-state index in [2.05, 4.69) is 10.4 Å². The molecular weight excluding hydrogens is 274 g/mol. The van der Waals surface area contributed by atoms with E-state index in [4.69, 9.17) is 9.84 Å². The number of carboxylic acid groups (broad SMARTS) is 1. The second-order valence-electron chi connectivity index (χ2n) is 4.24. The maximum absolute atomic E-state index is 11.7. The predicted molar refractivity (Wildman–Crippen MR) is 75.1 cm³/mol. The third-order valence-electron chi connectivity index (χ3n) is 2.75. The molecule has 0 bridgehead atoms. The van der Waals surface area contributed by atoms with Crippen LogP contribution in [0.5, 0.6) is 0 Å². The highest BCUT2D eigenvalue weighted by molar-refractivity contribution is 5.97. The Morgan fingerprint density at radius 3 is 2.67 bits per heavy atom. The number of carbonyl (C=O) groups is 2. The van der Waals surface area contributed by atoms with Crippen molar-refractivity contribution in [2.45, 2.75) is 20.1 Å². The Morgan fingerprint density at radius 1 is 1.33 bits per heavy atom. The Labute approximate surface area is 121 Å². The quantitative estimate of drug-likeness (QED) is 0.881. The second kappa shape index (κ2) is 6.56. The summed E-state index contributed by atoms with van der Waals surface area (Å²) in [7, 11) is 0. The summed E-state index contributed by atoms with van der Waals surface area (Å²) in [5.41, 5.74) is 0.763. The summed E-state index contributed by atoms with van der Waals surface area (Å²) >= 11 is 0. The van der Waals surface area contributed by atoms with Gasteiger partial charge >= 0.3 is 12.1 Å². The van der Waals surface area contributed by atoms with Gasteiger partial charge in [0.1, 0.15) is 12.2 Å². The minimum atomic E-state index is -1.16. The summed E-state index contributed by atoms with van der Waals surface area (Å²) in [5, 5.41) is 15.4. The number of carbonyl (C=O) groups excluding carboxylic acids is 1. The molecule has 1 heterocycles. The third kappa shape index (κ3) is 3.82. The molecule has 0 aliphatic heterocycles. The van der Waals surface area contributed by atoms with Gasteiger partial charge in [0.2, 0.25) is 0 Å². The summed E-state index contributed by atoms with van der Waals surface area (Å²) in [5.74, 6) is -1.18. The smallest absolute Gasteiger partial charge is 0.413 e. The lowest BCUT2D eigenvalue weighted by Gasteiger charge is -2.05. The van der Waals surface area contributed by atoms with E-state index in [9.17, 15) is 9.59 Å². The molecule has 0 atom stereocenters. The third-order valence-corrected chi connectivity index (χ3v) is 2.75. The van der Waals surface area contributed by atoms with Gasteiger partial charge in [-0.15, -0.1) is 0 Å². The zero-order valence-electron chi connectivity index (χ0n) is 11.4. The topological polar surface area (TPSA) is 93.5 Å². The molecule has 0 aliphatic rings. The van der Waals surface area contributed by atoms with Crippen molar-refractivity contribution in [2.24, 2.45) is 0 Å². The summed E-state index contributed by atoms with van der Waals surface area (Å²) in [6.45, 7) is 2.42. The number of nitrogens with one attached hydrogen (secondary N) is 1. The van der Waals surface area contributed by atoms with Crippen molar-refractivity contribution in [2.75, 3.05) is 5.32 Å². The average molecular weight is 289 g/mol. The molecule has 2 aromatic rings. The molecular formula is C14H15N3O4. The first-order valence-corrected chi connectivity index (χ1v) is 6.38. The first-order valence-electron chi connectivity index (χ1n) is 6.38. The monoisotopic (exact) mass is 289 g/mol. The van der Waals surface area contributed by atoms with Gasteiger partial charge in [0.15, 0.2) is 5.82 Å². The zero-order valence-corrected chi connectivity index (χ0v) is 11.4. The Balaban J connectivity index is 1.99. The summed E-state index contributed by atoms with van der Waals surface area (Å²) in [4.78, 5) is 22.7. The van der Waals surface area contributed by atoms with Crippen LogP contribution >= 0.6 is 0 Å². The highest BCUT2D eigenvalue weighted by Gasteiger charge is 2.17. The molecule has 1 aromatic carbocycles. The highest BCUT2D eigenvalue weighted by atomic mass is 16.5. The SMILES string of the molecule is CCn1cc(C(=O)O)c(NC(=O)OCc2ccccc2)n1. The van der Waals surface area contributed by atoms with Gasteiger partial charge in [-0.1, -0.05) is 30.3 Å².